The van der Waals surface area contributed by atoms with E-state index in [0.29, 0.717) is 23.2 Å². The largest absolute Gasteiger partial charge is 0.298 e. The van der Waals surface area contributed by atoms with Gasteiger partial charge < -0.3 is 0 Å². The number of benzene rings is 2. The minimum Gasteiger partial charge on any atom is -0.298 e. The first-order valence-electron chi connectivity index (χ1n) is 10.0. The standard InChI is InChI=1S/C22H27N3O3S2/c1-5-6-14-25(4)30(27,28)17-12-10-16(11-13-17)21(26)24-22-23-20-18(15(2)3)8-7-9-19(20)29-22/h7-13,15H,5-6,14H2,1-4H3,(H,23,24,26). The second-order valence-electron chi connectivity index (χ2n) is 7.53. The molecule has 3 aromatic rings. The van der Waals surface area contributed by atoms with E-state index in [1.807, 2.05) is 19.1 Å². The number of hydrogen-bond donors (Lipinski definition) is 1. The highest BCUT2D eigenvalue weighted by atomic mass is 32.2. The van der Waals surface area contributed by atoms with Crippen LogP contribution >= 0.6 is 11.3 Å². The molecule has 3 rings (SSSR count). The fourth-order valence-corrected chi connectivity index (χ4v) is 5.22. The van der Waals surface area contributed by atoms with Gasteiger partial charge in [0.15, 0.2) is 5.13 Å². The Hall–Kier alpha value is -2.29. The Labute approximate surface area is 182 Å². The van der Waals surface area contributed by atoms with Gasteiger partial charge in [-0.3, -0.25) is 10.1 Å². The van der Waals surface area contributed by atoms with E-state index in [1.165, 1.54) is 39.9 Å². The Bertz CT molecular complexity index is 1140. The van der Waals surface area contributed by atoms with Gasteiger partial charge in [-0.15, -0.1) is 0 Å². The minimum absolute atomic E-state index is 0.180. The Morgan fingerprint density at radius 1 is 1.17 bits per heavy atom. The van der Waals surface area contributed by atoms with Gasteiger partial charge in [0.25, 0.3) is 5.91 Å². The molecular formula is C22H27N3O3S2. The molecule has 1 aromatic heterocycles. The van der Waals surface area contributed by atoms with Crippen molar-refractivity contribution in [1.82, 2.24) is 9.29 Å². The summed E-state index contributed by atoms with van der Waals surface area (Å²) in [5, 5.41) is 3.36. The van der Waals surface area contributed by atoms with E-state index in [9.17, 15) is 13.2 Å². The van der Waals surface area contributed by atoms with Crippen LogP contribution in [-0.2, 0) is 10.0 Å². The smallest absolute Gasteiger partial charge is 0.257 e. The van der Waals surface area contributed by atoms with Crippen LogP contribution in [0.25, 0.3) is 10.2 Å². The monoisotopic (exact) mass is 445 g/mol. The van der Waals surface area contributed by atoms with Crippen LogP contribution in [0.2, 0.25) is 0 Å². The fraction of sp³-hybridized carbons (Fsp3) is 0.364. The number of fused-ring (bicyclic) bond motifs is 1. The van der Waals surface area contributed by atoms with Gasteiger partial charge in [-0.25, -0.2) is 17.7 Å². The highest BCUT2D eigenvalue weighted by Gasteiger charge is 2.21. The van der Waals surface area contributed by atoms with Gasteiger partial charge >= 0.3 is 0 Å². The lowest BCUT2D eigenvalue weighted by Crippen LogP contribution is -2.28. The van der Waals surface area contributed by atoms with Gasteiger partial charge in [0.2, 0.25) is 10.0 Å². The molecule has 0 aliphatic rings. The van der Waals surface area contributed by atoms with E-state index in [1.54, 1.807) is 7.05 Å². The van der Waals surface area contributed by atoms with Crippen LogP contribution in [-0.4, -0.2) is 37.2 Å². The normalized spacial score (nSPS) is 12.1. The molecule has 6 nitrogen and oxygen atoms in total. The number of carbonyl (C=O) groups is 1. The maximum Gasteiger partial charge on any atom is 0.257 e. The van der Waals surface area contributed by atoms with E-state index in [-0.39, 0.29) is 10.8 Å². The first-order chi connectivity index (χ1) is 14.2. The van der Waals surface area contributed by atoms with Crippen molar-refractivity contribution in [3.63, 3.8) is 0 Å². The molecular weight excluding hydrogens is 418 g/mol. The number of rotatable bonds is 8. The Balaban J connectivity index is 1.77. The predicted octanol–water partition coefficient (Wildman–Crippen LogP) is 5.09. The number of unbranched alkanes of at least 4 members (excludes halogenated alkanes) is 1. The Kier molecular flexibility index (Phi) is 6.90. The average Bonchev–Trinajstić information content (AvgIpc) is 3.14. The number of sulfonamides is 1. The lowest BCUT2D eigenvalue weighted by Gasteiger charge is -2.16. The van der Waals surface area contributed by atoms with Crippen molar-refractivity contribution in [2.45, 2.75) is 44.4 Å². The SMILES string of the molecule is CCCCN(C)S(=O)(=O)c1ccc(C(=O)Nc2nc3c(C(C)C)cccc3s2)cc1. The highest BCUT2D eigenvalue weighted by Crippen LogP contribution is 2.31. The summed E-state index contributed by atoms with van der Waals surface area (Å²) in [5.41, 5.74) is 2.43. The van der Waals surface area contributed by atoms with Gasteiger partial charge in [0, 0.05) is 19.2 Å². The molecule has 0 bridgehead atoms. The van der Waals surface area contributed by atoms with Gasteiger partial charge in [0.05, 0.1) is 15.1 Å². The van der Waals surface area contributed by atoms with Crippen LogP contribution in [0.1, 0.15) is 55.5 Å². The van der Waals surface area contributed by atoms with Crippen LogP contribution in [0.5, 0.6) is 0 Å². The van der Waals surface area contributed by atoms with Crippen molar-refractivity contribution in [2.24, 2.45) is 0 Å². The Morgan fingerprint density at radius 2 is 1.87 bits per heavy atom. The summed E-state index contributed by atoms with van der Waals surface area (Å²) in [6, 6.07) is 12.0. The number of thiazole rings is 1. The summed E-state index contributed by atoms with van der Waals surface area (Å²) in [5.74, 6) is 0.0211. The number of carbonyl (C=O) groups excluding carboxylic acids is 1. The van der Waals surface area contributed by atoms with E-state index >= 15 is 0 Å². The molecule has 160 valence electrons. The summed E-state index contributed by atoms with van der Waals surface area (Å²) in [7, 11) is -1.98. The van der Waals surface area contributed by atoms with E-state index in [2.05, 4.69) is 30.2 Å². The van der Waals surface area contributed by atoms with Gasteiger partial charge in [-0.05, 0) is 48.2 Å². The van der Waals surface area contributed by atoms with Crippen LogP contribution < -0.4 is 5.32 Å². The third-order valence-corrected chi connectivity index (χ3v) is 7.75. The van der Waals surface area contributed by atoms with E-state index in [4.69, 9.17) is 0 Å². The zero-order valence-corrected chi connectivity index (χ0v) is 19.3. The molecule has 1 heterocycles. The van der Waals surface area contributed by atoms with Gasteiger partial charge in [0.1, 0.15) is 0 Å². The number of amides is 1. The Morgan fingerprint density at radius 3 is 2.50 bits per heavy atom. The van der Waals surface area contributed by atoms with Gasteiger partial charge in [-0.1, -0.05) is 50.7 Å². The second-order valence-corrected chi connectivity index (χ2v) is 10.6. The van der Waals surface area contributed by atoms with Crippen molar-refractivity contribution in [1.29, 1.82) is 0 Å². The third-order valence-electron chi connectivity index (χ3n) is 4.94. The molecule has 0 saturated heterocycles. The lowest BCUT2D eigenvalue weighted by atomic mass is 10.0. The lowest BCUT2D eigenvalue weighted by molar-refractivity contribution is 0.102. The average molecular weight is 446 g/mol. The van der Waals surface area contributed by atoms with Crippen LogP contribution in [0.15, 0.2) is 47.4 Å². The number of aromatic nitrogens is 1. The van der Waals surface area contributed by atoms with Crippen molar-refractivity contribution >= 4 is 42.6 Å². The van der Waals surface area contributed by atoms with Crippen LogP contribution in [0.4, 0.5) is 5.13 Å². The molecule has 30 heavy (non-hydrogen) atoms. The first kappa shape index (κ1) is 22.4. The third kappa shape index (κ3) is 4.71. The molecule has 0 unspecified atom stereocenters. The van der Waals surface area contributed by atoms with Gasteiger partial charge in [-0.2, -0.15) is 0 Å². The molecule has 0 aliphatic carbocycles. The molecule has 0 saturated carbocycles. The quantitative estimate of drug-likeness (QED) is 0.524. The molecule has 0 atom stereocenters. The fourth-order valence-electron chi connectivity index (χ4n) is 3.12. The molecule has 2 aromatic carbocycles. The van der Waals surface area contributed by atoms with Crippen molar-refractivity contribution in [3.05, 3.63) is 53.6 Å². The molecule has 0 radical (unpaired) electrons. The van der Waals surface area contributed by atoms with Crippen LogP contribution in [0, 0.1) is 0 Å². The zero-order valence-electron chi connectivity index (χ0n) is 17.7. The summed E-state index contributed by atoms with van der Waals surface area (Å²) >= 11 is 1.43. The first-order valence-corrected chi connectivity index (χ1v) is 12.3. The maximum absolute atomic E-state index is 12.6. The molecule has 0 spiro atoms. The topological polar surface area (TPSA) is 79.4 Å². The summed E-state index contributed by atoms with van der Waals surface area (Å²) in [6.07, 6.45) is 1.72. The number of nitrogens with zero attached hydrogens (tertiary/aromatic N) is 2. The molecule has 1 amide bonds. The van der Waals surface area contributed by atoms with E-state index in [0.717, 1.165) is 28.6 Å². The summed E-state index contributed by atoms with van der Waals surface area (Å²) in [4.78, 5) is 17.4. The van der Waals surface area contributed by atoms with Crippen molar-refractivity contribution in [3.8, 4) is 0 Å². The van der Waals surface area contributed by atoms with Crippen molar-refractivity contribution in [2.75, 3.05) is 18.9 Å². The molecule has 1 N–H and O–H groups in total. The van der Waals surface area contributed by atoms with Crippen LogP contribution in [0.3, 0.4) is 0 Å². The number of hydrogen-bond acceptors (Lipinski definition) is 5. The predicted molar refractivity (Wildman–Crippen MR) is 123 cm³/mol. The molecule has 8 heteroatoms. The summed E-state index contributed by atoms with van der Waals surface area (Å²) < 4.78 is 27.6. The number of para-hydroxylation sites is 1. The summed E-state index contributed by atoms with van der Waals surface area (Å²) in [6.45, 7) is 6.71. The molecule has 0 aliphatic heterocycles. The number of nitrogens with one attached hydrogen (secondary N) is 1. The highest BCUT2D eigenvalue weighted by molar-refractivity contribution is 7.89. The van der Waals surface area contributed by atoms with Crippen molar-refractivity contribution < 1.29 is 13.2 Å². The number of anilines is 1. The molecule has 0 fully saturated rings. The maximum atomic E-state index is 12.6. The zero-order chi connectivity index (χ0) is 21.9. The van der Waals surface area contributed by atoms with E-state index < -0.39 is 10.0 Å². The second kappa shape index (κ2) is 9.24. The minimum atomic E-state index is -3.55.